The number of rotatable bonds is 5. The van der Waals surface area contributed by atoms with Gasteiger partial charge in [-0.2, -0.15) is 10.1 Å². The Morgan fingerprint density at radius 3 is 2.81 bits per heavy atom. The number of morpholine rings is 1. The number of carbonyl (C=O) groups is 1. The molecule has 1 aromatic carbocycles. The first-order valence-corrected chi connectivity index (χ1v) is 11.1. The number of hydrogen-bond acceptors (Lipinski definition) is 8. The normalized spacial score (nSPS) is 18.3. The Morgan fingerprint density at radius 1 is 1.25 bits per heavy atom. The van der Waals surface area contributed by atoms with E-state index < -0.39 is 0 Å². The molecule has 165 valence electrons. The minimum absolute atomic E-state index is 0.0937. The number of ether oxygens (including phenoxy) is 1. The van der Waals surface area contributed by atoms with Crippen molar-refractivity contribution in [2.75, 3.05) is 43.5 Å². The number of aromatic amines is 1. The molecule has 0 atom stereocenters. The Balaban J connectivity index is 1.24. The second-order valence-corrected chi connectivity index (χ2v) is 8.63. The van der Waals surface area contributed by atoms with Gasteiger partial charge in [0.1, 0.15) is 6.54 Å². The molecule has 3 N–H and O–H groups in total. The maximum absolute atomic E-state index is 12.4. The minimum atomic E-state index is -0.0937. The largest absolute Gasteiger partial charge is 0.378 e. The van der Waals surface area contributed by atoms with Crippen LogP contribution in [0.5, 0.6) is 0 Å². The minimum Gasteiger partial charge on any atom is -0.378 e. The molecule has 0 spiro atoms. The summed E-state index contributed by atoms with van der Waals surface area (Å²) in [5.74, 6) is 2.56. The topological polar surface area (TPSA) is 104 Å². The molecule has 3 aliphatic heterocycles. The third kappa shape index (κ3) is 4.64. The van der Waals surface area contributed by atoms with Crippen LogP contribution in [-0.2, 0) is 4.74 Å². The summed E-state index contributed by atoms with van der Waals surface area (Å²) in [6.07, 6.45) is 5.76. The fourth-order valence-electron chi connectivity index (χ4n) is 3.52. The molecule has 5 rings (SSSR count). The average Bonchev–Trinajstić information content (AvgIpc) is 3.44. The van der Waals surface area contributed by atoms with Gasteiger partial charge in [0.25, 0.3) is 11.7 Å². The molecule has 4 heterocycles. The van der Waals surface area contributed by atoms with Crippen molar-refractivity contribution >= 4 is 35.3 Å². The second-order valence-electron chi connectivity index (χ2n) is 7.51. The second kappa shape index (κ2) is 9.07. The Morgan fingerprint density at radius 2 is 2.06 bits per heavy atom. The number of nitrogens with zero attached hydrogens (tertiary/aromatic N) is 5. The molecule has 2 aromatic rings. The number of amidine groups is 1. The van der Waals surface area contributed by atoms with Crippen LogP contribution in [0.1, 0.15) is 5.69 Å². The number of fused-ring (bicyclic) bond motifs is 1. The van der Waals surface area contributed by atoms with Crippen LogP contribution < -0.4 is 15.5 Å². The summed E-state index contributed by atoms with van der Waals surface area (Å²) in [6.45, 7) is 5.03. The summed E-state index contributed by atoms with van der Waals surface area (Å²) in [5, 5.41) is 13.5. The lowest BCUT2D eigenvalue weighted by atomic mass is 10.3. The molecule has 32 heavy (non-hydrogen) atoms. The van der Waals surface area contributed by atoms with Gasteiger partial charge in [-0.1, -0.05) is 0 Å². The lowest BCUT2D eigenvalue weighted by Gasteiger charge is -2.27. The summed E-state index contributed by atoms with van der Waals surface area (Å²) < 4.78 is 7.41. The number of amides is 2. The van der Waals surface area contributed by atoms with Gasteiger partial charge in [-0.3, -0.25) is 14.7 Å². The van der Waals surface area contributed by atoms with Gasteiger partial charge in [-0.05, 0) is 48.0 Å². The summed E-state index contributed by atoms with van der Waals surface area (Å²) in [6, 6.07) is 9.69. The molecule has 1 aromatic heterocycles. The van der Waals surface area contributed by atoms with Crippen LogP contribution in [0.15, 0.2) is 64.6 Å². The highest BCUT2D eigenvalue weighted by molar-refractivity contribution is 7.97. The average molecular weight is 453 g/mol. The standard InChI is InChI=1S/C21H24N8O2S/c1-15-12-18(26-25-15)24-20-14-28(13-19-22-6-7-29(19)20)32-17-4-2-16(3-5-17)23-21(30)27-8-10-31-11-9-27/h2-7,12,14H,8-11,13H2,1H3,(H,23,30)(H2,24,25,26)/q+1. The Hall–Kier alpha value is -3.28. The predicted octanol–water partition coefficient (Wildman–Crippen LogP) is 2.84. The molecule has 0 unspecified atom stereocenters. The first-order chi connectivity index (χ1) is 15.6. The molecule has 2 amide bonds. The van der Waals surface area contributed by atoms with E-state index >= 15 is 0 Å². The van der Waals surface area contributed by atoms with Crippen LogP contribution in [0.4, 0.5) is 16.3 Å². The first-order valence-electron chi connectivity index (χ1n) is 10.4. The van der Waals surface area contributed by atoms with Crippen molar-refractivity contribution in [3.05, 3.63) is 60.4 Å². The summed E-state index contributed by atoms with van der Waals surface area (Å²) in [5.41, 5.74) is 1.76. The van der Waals surface area contributed by atoms with Gasteiger partial charge in [0.15, 0.2) is 12.0 Å². The molecule has 1 saturated heterocycles. The molecule has 11 heteroatoms. The van der Waals surface area contributed by atoms with E-state index in [1.807, 2.05) is 54.6 Å². The van der Waals surface area contributed by atoms with E-state index in [1.165, 1.54) is 0 Å². The number of benzene rings is 1. The van der Waals surface area contributed by atoms with Crippen molar-refractivity contribution < 1.29 is 9.53 Å². The van der Waals surface area contributed by atoms with Crippen molar-refractivity contribution in [3.63, 3.8) is 0 Å². The number of H-pyrrole nitrogens is 1. The zero-order valence-electron chi connectivity index (χ0n) is 17.6. The number of hydrogen-bond donors (Lipinski definition) is 3. The lowest BCUT2D eigenvalue weighted by molar-refractivity contribution is 0.0564. The first kappa shape index (κ1) is 20.6. The summed E-state index contributed by atoms with van der Waals surface area (Å²) >= 11 is 1.60. The number of aliphatic imine (C=N–C) groups is 1. The molecule has 0 aliphatic carbocycles. The highest BCUT2D eigenvalue weighted by Gasteiger charge is 2.37. The Labute approximate surface area is 190 Å². The van der Waals surface area contributed by atoms with Crippen molar-refractivity contribution in [3.8, 4) is 0 Å². The number of urea groups is 1. The van der Waals surface area contributed by atoms with Gasteiger partial charge in [0, 0.05) is 35.4 Å². The van der Waals surface area contributed by atoms with Gasteiger partial charge in [0.05, 0.1) is 25.6 Å². The number of nitrogens with one attached hydrogen (secondary N) is 3. The Bertz CT molecular complexity index is 1070. The number of aromatic nitrogens is 2. The molecule has 10 nitrogen and oxygen atoms in total. The van der Waals surface area contributed by atoms with E-state index in [0.717, 1.165) is 33.8 Å². The molecule has 1 radical (unpaired) electrons. The van der Waals surface area contributed by atoms with Crippen LogP contribution in [0, 0.1) is 6.92 Å². The summed E-state index contributed by atoms with van der Waals surface area (Å²) in [4.78, 5) is 21.7. The van der Waals surface area contributed by atoms with E-state index in [2.05, 4.69) is 30.1 Å². The molecular formula is C21H24N8O2S+. The quantitative estimate of drug-likeness (QED) is 0.476. The molecule has 0 saturated carbocycles. The maximum atomic E-state index is 12.4. The van der Waals surface area contributed by atoms with Crippen molar-refractivity contribution in [2.24, 2.45) is 4.99 Å². The smallest absolute Gasteiger partial charge is 0.321 e. The number of carbonyl (C=O) groups excluding carboxylic acids is 1. The van der Waals surface area contributed by atoms with E-state index in [1.54, 1.807) is 23.0 Å². The van der Waals surface area contributed by atoms with Gasteiger partial charge < -0.3 is 15.0 Å². The molecule has 0 bridgehead atoms. The predicted molar refractivity (Wildman–Crippen MR) is 124 cm³/mol. The van der Waals surface area contributed by atoms with Crippen LogP contribution in [0.2, 0.25) is 0 Å². The van der Waals surface area contributed by atoms with Gasteiger partial charge in [-0.15, -0.1) is 0 Å². The van der Waals surface area contributed by atoms with Gasteiger partial charge in [-0.25, -0.2) is 4.79 Å². The van der Waals surface area contributed by atoms with E-state index in [0.29, 0.717) is 32.8 Å². The van der Waals surface area contributed by atoms with Crippen LogP contribution >= 0.6 is 11.9 Å². The van der Waals surface area contributed by atoms with E-state index in [9.17, 15) is 4.79 Å². The van der Waals surface area contributed by atoms with Crippen LogP contribution in [-0.4, -0.2) is 64.1 Å². The van der Waals surface area contributed by atoms with Gasteiger partial charge >= 0.3 is 6.03 Å². The Kier molecular flexibility index (Phi) is 5.84. The monoisotopic (exact) mass is 452 g/mol. The highest BCUT2D eigenvalue weighted by Crippen LogP contribution is 2.29. The zero-order valence-corrected chi connectivity index (χ0v) is 18.4. The van der Waals surface area contributed by atoms with E-state index in [4.69, 9.17) is 4.74 Å². The van der Waals surface area contributed by atoms with Crippen molar-refractivity contribution in [2.45, 2.75) is 11.8 Å². The molecule has 1 fully saturated rings. The van der Waals surface area contributed by atoms with Crippen LogP contribution in [0.3, 0.4) is 0 Å². The third-order valence-corrected chi connectivity index (χ3v) is 6.08. The lowest BCUT2D eigenvalue weighted by Crippen LogP contribution is -2.43. The SMILES string of the molecule is Cc1cc(NC2=CN(Sc3ccc(NC(=O)N4CCOCC4)cc3)CC3=NC=C[N+]23)n[nH]1. The number of anilines is 2. The van der Waals surface area contributed by atoms with Crippen molar-refractivity contribution in [1.82, 2.24) is 24.3 Å². The van der Waals surface area contributed by atoms with Gasteiger partial charge in [0.2, 0.25) is 0 Å². The fourth-order valence-corrected chi connectivity index (χ4v) is 4.38. The molecule has 3 aliphatic rings. The highest BCUT2D eigenvalue weighted by atomic mass is 32.2. The summed E-state index contributed by atoms with van der Waals surface area (Å²) in [7, 11) is 0. The molecular weight excluding hydrogens is 428 g/mol. The fraction of sp³-hybridized carbons (Fsp3) is 0.286. The zero-order chi connectivity index (χ0) is 21.9. The van der Waals surface area contributed by atoms with E-state index in [-0.39, 0.29) is 6.03 Å². The third-order valence-electron chi connectivity index (χ3n) is 5.13. The van der Waals surface area contributed by atoms with Crippen molar-refractivity contribution in [1.29, 1.82) is 0 Å². The number of aryl methyl sites for hydroxylation is 1. The maximum Gasteiger partial charge on any atom is 0.321 e. The van der Waals surface area contributed by atoms with Crippen LogP contribution in [0.25, 0.3) is 0 Å².